The zero-order chi connectivity index (χ0) is 14.2. The number of aryl methyl sites for hydroxylation is 1. The van der Waals surface area contributed by atoms with Gasteiger partial charge in [0, 0.05) is 38.9 Å². The van der Waals surface area contributed by atoms with Gasteiger partial charge in [0.1, 0.15) is 5.82 Å². The molecule has 0 fully saturated rings. The summed E-state index contributed by atoms with van der Waals surface area (Å²) in [6, 6.07) is 0. The Bertz CT molecular complexity index is 400. The van der Waals surface area contributed by atoms with Gasteiger partial charge in [-0.05, 0) is 12.8 Å². The molecule has 2 N–H and O–H groups in total. The molecule has 20 heavy (non-hydrogen) atoms. The molecule has 0 aliphatic carbocycles. The Morgan fingerprint density at radius 2 is 2.30 bits per heavy atom. The van der Waals surface area contributed by atoms with Crippen LogP contribution in [-0.4, -0.2) is 58.5 Å². The Morgan fingerprint density at radius 3 is 3.15 bits per heavy atom. The Kier molecular flexibility index (Phi) is 6.78. The first kappa shape index (κ1) is 15.8. The number of ether oxygens (including phenoxy) is 1. The van der Waals surface area contributed by atoms with Gasteiger partial charge in [-0.1, -0.05) is 18.2 Å². The monoisotopic (exact) mass is 300 g/mol. The van der Waals surface area contributed by atoms with Gasteiger partial charge in [0.2, 0.25) is 0 Å². The van der Waals surface area contributed by atoms with E-state index in [1.807, 2.05) is 0 Å². The molecule has 0 aromatic carbocycles. The first-order valence-electron chi connectivity index (χ1n) is 7.24. The number of aromatic nitrogens is 3. The average molecular weight is 300 g/mol. The summed E-state index contributed by atoms with van der Waals surface area (Å²) in [6.07, 6.45) is 4.30. The molecule has 0 saturated heterocycles. The van der Waals surface area contributed by atoms with Crippen molar-refractivity contribution in [2.45, 2.75) is 43.5 Å². The van der Waals surface area contributed by atoms with Crippen molar-refractivity contribution >= 4 is 11.8 Å². The molecular formula is C13H24N4O2S. The number of nitrogens with one attached hydrogen (secondary N) is 1. The highest BCUT2D eigenvalue weighted by Gasteiger charge is 2.16. The quantitative estimate of drug-likeness (QED) is 0.544. The SMILES string of the molecule is COCCNCC(O)CSc1nnc2n1CCCCC2. The van der Waals surface area contributed by atoms with Crippen molar-refractivity contribution in [3.8, 4) is 0 Å². The van der Waals surface area contributed by atoms with Crippen LogP contribution in [0.2, 0.25) is 0 Å². The fourth-order valence-corrected chi connectivity index (χ4v) is 3.15. The molecule has 2 heterocycles. The average Bonchev–Trinajstić information content (AvgIpc) is 2.69. The molecule has 1 unspecified atom stereocenters. The number of hydrogen-bond donors (Lipinski definition) is 2. The van der Waals surface area contributed by atoms with E-state index in [4.69, 9.17) is 4.74 Å². The molecule has 1 aromatic heterocycles. The van der Waals surface area contributed by atoms with Crippen molar-refractivity contribution in [1.29, 1.82) is 0 Å². The number of thioether (sulfide) groups is 1. The Labute approximate surface area is 124 Å². The summed E-state index contributed by atoms with van der Waals surface area (Å²) in [5.74, 6) is 1.73. The van der Waals surface area contributed by atoms with E-state index < -0.39 is 0 Å². The van der Waals surface area contributed by atoms with E-state index in [9.17, 15) is 5.11 Å². The van der Waals surface area contributed by atoms with E-state index in [0.717, 1.165) is 30.5 Å². The second-order valence-electron chi connectivity index (χ2n) is 5.02. The van der Waals surface area contributed by atoms with Crippen LogP contribution in [0.15, 0.2) is 5.16 Å². The fraction of sp³-hybridized carbons (Fsp3) is 0.846. The molecular weight excluding hydrogens is 276 g/mol. The van der Waals surface area contributed by atoms with E-state index in [1.54, 1.807) is 18.9 Å². The standard InChI is InChI=1S/C13H24N4O2S/c1-19-8-6-14-9-11(18)10-20-13-16-15-12-5-3-2-4-7-17(12)13/h11,14,18H,2-10H2,1H3. The number of nitrogens with zero attached hydrogens (tertiary/aromatic N) is 3. The lowest BCUT2D eigenvalue weighted by molar-refractivity contribution is 0.175. The van der Waals surface area contributed by atoms with Crippen molar-refractivity contribution in [3.63, 3.8) is 0 Å². The summed E-state index contributed by atoms with van der Waals surface area (Å²) in [6.45, 7) is 3.01. The van der Waals surface area contributed by atoms with Crippen LogP contribution >= 0.6 is 11.8 Å². The summed E-state index contributed by atoms with van der Waals surface area (Å²) < 4.78 is 7.16. The fourth-order valence-electron chi connectivity index (χ4n) is 2.24. The molecule has 0 saturated carbocycles. The molecule has 1 atom stereocenters. The molecule has 6 nitrogen and oxygen atoms in total. The van der Waals surface area contributed by atoms with Gasteiger partial charge in [-0.2, -0.15) is 0 Å². The smallest absolute Gasteiger partial charge is 0.191 e. The third-order valence-corrected chi connectivity index (χ3v) is 4.45. The minimum Gasteiger partial charge on any atom is -0.391 e. The normalized spacial score (nSPS) is 16.7. The van der Waals surface area contributed by atoms with Crippen molar-refractivity contribution in [3.05, 3.63) is 5.82 Å². The van der Waals surface area contributed by atoms with Gasteiger partial charge in [0.15, 0.2) is 5.16 Å². The number of rotatable bonds is 8. The predicted octanol–water partition coefficient (Wildman–Crippen LogP) is 0.693. The van der Waals surface area contributed by atoms with Crippen LogP contribution in [0.5, 0.6) is 0 Å². The van der Waals surface area contributed by atoms with Crippen LogP contribution in [0.25, 0.3) is 0 Å². The van der Waals surface area contributed by atoms with Gasteiger partial charge in [-0.3, -0.25) is 0 Å². The summed E-state index contributed by atoms with van der Waals surface area (Å²) in [4.78, 5) is 0. The predicted molar refractivity (Wildman–Crippen MR) is 79.1 cm³/mol. The molecule has 0 spiro atoms. The Hall–Kier alpha value is -0.630. The second kappa shape index (κ2) is 8.61. The largest absolute Gasteiger partial charge is 0.391 e. The molecule has 7 heteroatoms. The third kappa shape index (κ3) is 4.73. The van der Waals surface area contributed by atoms with E-state index in [1.165, 1.54) is 19.3 Å². The summed E-state index contributed by atoms with van der Waals surface area (Å²) >= 11 is 1.59. The molecule has 1 aliphatic heterocycles. The van der Waals surface area contributed by atoms with Gasteiger partial charge in [-0.25, -0.2) is 0 Å². The van der Waals surface area contributed by atoms with Gasteiger partial charge in [-0.15, -0.1) is 10.2 Å². The minimum atomic E-state index is -0.379. The second-order valence-corrected chi connectivity index (χ2v) is 6.01. The first-order valence-corrected chi connectivity index (χ1v) is 8.22. The van der Waals surface area contributed by atoms with Gasteiger partial charge >= 0.3 is 0 Å². The highest BCUT2D eigenvalue weighted by Crippen LogP contribution is 2.22. The molecule has 0 amide bonds. The third-order valence-electron chi connectivity index (χ3n) is 3.34. The highest BCUT2D eigenvalue weighted by molar-refractivity contribution is 7.99. The number of methoxy groups -OCH3 is 1. The van der Waals surface area contributed by atoms with Gasteiger partial charge in [0.25, 0.3) is 0 Å². The Morgan fingerprint density at radius 1 is 1.40 bits per heavy atom. The van der Waals surface area contributed by atoms with Crippen LogP contribution in [0.4, 0.5) is 0 Å². The molecule has 0 bridgehead atoms. The lowest BCUT2D eigenvalue weighted by Crippen LogP contribution is -2.30. The molecule has 2 rings (SSSR count). The van der Waals surface area contributed by atoms with E-state index >= 15 is 0 Å². The zero-order valence-electron chi connectivity index (χ0n) is 12.0. The van der Waals surface area contributed by atoms with Gasteiger partial charge < -0.3 is 19.7 Å². The number of aliphatic hydroxyl groups is 1. The van der Waals surface area contributed by atoms with Crippen molar-refractivity contribution in [2.75, 3.05) is 32.6 Å². The molecule has 0 radical (unpaired) electrons. The van der Waals surface area contributed by atoms with Gasteiger partial charge in [0.05, 0.1) is 12.7 Å². The number of fused-ring (bicyclic) bond motifs is 1. The van der Waals surface area contributed by atoms with Crippen LogP contribution < -0.4 is 5.32 Å². The van der Waals surface area contributed by atoms with E-state index in [0.29, 0.717) is 18.9 Å². The summed E-state index contributed by atoms with van der Waals surface area (Å²) in [5, 5.41) is 22.5. The number of aliphatic hydroxyl groups excluding tert-OH is 1. The maximum atomic E-state index is 9.93. The zero-order valence-corrected chi connectivity index (χ0v) is 12.9. The molecule has 114 valence electrons. The first-order chi connectivity index (χ1) is 9.81. The lowest BCUT2D eigenvalue weighted by Gasteiger charge is -2.11. The van der Waals surface area contributed by atoms with Crippen LogP contribution in [0, 0.1) is 0 Å². The number of hydrogen-bond acceptors (Lipinski definition) is 6. The highest BCUT2D eigenvalue weighted by atomic mass is 32.2. The van der Waals surface area contributed by atoms with E-state index in [2.05, 4.69) is 20.1 Å². The maximum absolute atomic E-state index is 9.93. The maximum Gasteiger partial charge on any atom is 0.191 e. The topological polar surface area (TPSA) is 72.2 Å². The van der Waals surface area contributed by atoms with Crippen LogP contribution in [-0.2, 0) is 17.7 Å². The summed E-state index contributed by atoms with van der Waals surface area (Å²) in [7, 11) is 1.67. The van der Waals surface area contributed by atoms with Crippen molar-refractivity contribution in [1.82, 2.24) is 20.1 Å². The van der Waals surface area contributed by atoms with Crippen molar-refractivity contribution < 1.29 is 9.84 Å². The minimum absolute atomic E-state index is 0.379. The van der Waals surface area contributed by atoms with Crippen molar-refractivity contribution in [2.24, 2.45) is 0 Å². The van der Waals surface area contributed by atoms with E-state index in [-0.39, 0.29) is 6.10 Å². The summed E-state index contributed by atoms with van der Waals surface area (Å²) in [5.41, 5.74) is 0. The lowest BCUT2D eigenvalue weighted by atomic mass is 10.2. The van der Waals surface area contributed by atoms with Crippen LogP contribution in [0.3, 0.4) is 0 Å². The molecule has 1 aromatic rings. The Balaban J connectivity index is 1.75. The molecule has 1 aliphatic rings. The van der Waals surface area contributed by atoms with Crippen LogP contribution in [0.1, 0.15) is 25.1 Å².